The van der Waals surface area contributed by atoms with Crippen molar-refractivity contribution in [1.82, 2.24) is 4.90 Å². The number of carbonyl (C=O) groups is 3. The summed E-state index contributed by atoms with van der Waals surface area (Å²) >= 11 is 6.69. The second kappa shape index (κ2) is 8.68. The SMILES string of the molecule is Cc1cc(C)cc(NC(=O)CN2C(=O)S/C(=C\c3cc([N+](=O)[O-])ccc3Cl)C2=O)c1. The Balaban J connectivity index is 1.76. The van der Waals surface area contributed by atoms with Gasteiger partial charge in [0.15, 0.2) is 0 Å². The number of carbonyl (C=O) groups excluding carboxylic acids is 3. The van der Waals surface area contributed by atoms with Crippen LogP contribution in [0.2, 0.25) is 5.02 Å². The molecule has 0 atom stereocenters. The van der Waals surface area contributed by atoms with Crippen LogP contribution in [0.15, 0.2) is 41.3 Å². The molecule has 30 heavy (non-hydrogen) atoms. The van der Waals surface area contributed by atoms with Crippen LogP contribution in [0, 0.1) is 24.0 Å². The smallest absolute Gasteiger partial charge is 0.294 e. The van der Waals surface area contributed by atoms with Crippen molar-refractivity contribution in [3.8, 4) is 0 Å². The molecule has 154 valence electrons. The van der Waals surface area contributed by atoms with E-state index in [1.165, 1.54) is 24.3 Å². The molecule has 1 N–H and O–H groups in total. The molecule has 0 aromatic heterocycles. The van der Waals surface area contributed by atoms with Crippen molar-refractivity contribution >= 4 is 57.9 Å². The molecule has 1 fully saturated rings. The zero-order valence-electron chi connectivity index (χ0n) is 16.0. The molecule has 3 rings (SSSR count). The summed E-state index contributed by atoms with van der Waals surface area (Å²) in [6, 6.07) is 9.31. The Morgan fingerprint density at radius 1 is 1.20 bits per heavy atom. The number of nitrogens with zero attached hydrogens (tertiary/aromatic N) is 2. The van der Waals surface area contributed by atoms with E-state index in [-0.39, 0.29) is 21.2 Å². The number of non-ortho nitro benzene ring substituents is 1. The standard InChI is InChI=1S/C20H16ClN3O5S/c1-11-5-12(2)7-14(6-11)22-18(25)10-23-19(26)17(30-20(23)27)9-13-8-15(24(28)29)3-4-16(13)21/h3-9H,10H2,1-2H3,(H,22,25)/b17-9-. The van der Waals surface area contributed by atoms with Crippen molar-refractivity contribution < 1.29 is 19.3 Å². The maximum atomic E-state index is 12.6. The average molecular weight is 446 g/mol. The van der Waals surface area contributed by atoms with Gasteiger partial charge >= 0.3 is 0 Å². The third kappa shape index (κ3) is 4.87. The summed E-state index contributed by atoms with van der Waals surface area (Å²) < 4.78 is 0. The van der Waals surface area contributed by atoms with Gasteiger partial charge in [-0.2, -0.15) is 0 Å². The molecule has 0 aliphatic carbocycles. The molecule has 1 heterocycles. The van der Waals surface area contributed by atoms with Crippen LogP contribution in [0.1, 0.15) is 16.7 Å². The summed E-state index contributed by atoms with van der Waals surface area (Å²) in [6.45, 7) is 3.34. The second-order valence-electron chi connectivity index (χ2n) is 6.66. The number of rotatable bonds is 5. The van der Waals surface area contributed by atoms with E-state index in [1.807, 2.05) is 19.9 Å². The third-order valence-electron chi connectivity index (χ3n) is 4.16. The fourth-order valence-corrected chi connectivity index (χ4v) is 3.93. The van der Waals surface area contributed by atoms with Crippen LogP contribution in [-0.4, -0.2) is 33.4 Å². The number of hydrogen-bond acceptors (Lipinski definition) is 6. The van der Waals surface area contributed by atoms with Gasteiger partial charge in [-0.05, 0) is 61.0 Å². The molecule has 10 heteroatoms. The predicted octanol–water partition coefficient (Wildman–Crippen LogP) is 4.54. The molecule has 0 bridgehead atoms. The first-order valence-electron chi connectivity index (χ1n) is 8.71. The maximum Gasteiger partial charge on any atom is 0.294 e. The van der Waals surface area contributed by atoms with Crippen LogP contribution in [0.4, 0.5) is 16.2 Å². The van der Waals surface area contributed by atoms with Crippen LogP contribution in [0.5, 0.6) is 0 Å². The van der Waals surface area contributed by atoms with Crippen molar-refractivity contribution in [1.29, 1.82) is 0 Å². The molecule has 3 amide bonds. The highest BCUT2D eigenvalue weighted by Crippen LogP contribution is 2.34. The molecule has 0 radical (unpaired) electrons. The van der Waals surface area contributed by atoms with Gasteiger partial charge in [-0.25, -0.2) is 0 Å². The fourth-order valence-electron chi connectivity index (χ4n) is 2.92. The molecule has 1 saturated heterocycles. The number of benzene rings is 2. The Morgan fingerprint density at radius 3 is 2.50 bits per heavy atom. The molecule has 0 saturated carbocycles. The zero-order valence-corrected chi connectivity index (χ0v) is 17.5. The van der Waals surface area contributed by atoms with Crippen LogP contribution >= 0.6 is 23.4 Å². The molecule has 8 nitrogen and oxygen atoms in total. The Kier molecular flexibility index (Phi) is 6.23. The van der Waals surface area contributed by atoms with E-state index >= 15 is 0 Å². The van der Waals surface area contributed by atoms with Gasteiger partial charge in [0.1, 0.15) is 6.54 Å². The largest absolute Gasteiger partial charge is 0.325 e. The number of anilines is 1. The highest BCUT2D eigenvalue weighted by Gasteiger charge is 2.36. The zero-order chi connectivity index (χ0) is 22.0. The topological polar surface area (TPSA) is 110 Å². The van der Waals surface area contributed by atoms with Crippen LogP contribution < -0.4 is 5.32 Å². The molecular weight excluding hydrogens is 430 g/mol. The Hall–Kier alpha value is -3.17. The second-order valence-corrected chi connectivity index (χ2v) is 8.06. The lowest BCUT2D eigenvalue weighted by Gasteiger charge is -2.13. The lowest BCUT2D eigenvalue weighted by Crippen LogP contribution is -2.36. The number of thioether (sulfide) groups is 1. The van der Waals surface area contributed by atoms with Gasteiger partial charge in [-0.1, -0.05) is 17.7 Å². The highest BCUT2D eigenvalue weighted by atomic mass is 35.5. The van der Waals surface area contributed by atoms with Gasteiger partial charge < -0.3 is 5.32 Å². The number of nitrogens with one attached hydrogen (secondary N) is 1. The van der Waals surface area contributed by atoms with E-state index in [0.717, 1.165) is 16.0 Å². The predicted molar refractivity (Wildman–Crippen MR) is 115 cm³/mol. The molecule has 1 aliphatic heterocycles. The van der Waals surface area contributed by atoms with Crippen molar-refractivity contribution in [3.05, 3.63) is 73.1 Å². The summed E-state index contributed by atoms with van der Waals surface area (Å²) in [5, 5.41) is 13.2. The number of hydrogen-bond donors (Lipinski definition) is 1. The minimum Gasteiger partial charge on any atom is -0.325 e. The first-order chi connectivity index (χ1) is 14.1. The van der Waals surface area contributed by atoms with E-state index < -0.39 is 28.5 Å². The highest BCUT2D eigenvalue weighted by molar-refractivity contribution is 8.18. The average Bonchev–Trinajstić information content (AvgIpc) is 2.90. The number of nitro groups is 1. The number of aryl methyl sites for hydroxylation is 2. The van der Waals surface area contributed by atoms with Gasteiger partial charge in [0, 0.05) is 28.4 Å². The summed E-state index contributed by atoms with van der Waals surface area (Å²) in [5.74, 6) is -1.18. The number of halogens is 1. The third-order valence-corrected chi connectivity index (χ3v) is 5.41. The van der Waals surface area contributed by atoms with Crippen molar-refractivity contribution in [3.63, 3.8) is 0 Å². The Labute approximate surface area is 181 Å². The van der Waals surface area contributed by atoms with Gasteiger partial charge in [-0.3, -0.25) is 29.4 Å². The molecule has 2 aromatic rings. The molecule has 0 spiro atoms. The van der Waals surface area contributed by atoms with E-state index in [0.29, 0.717) is 17.4 Å². The van der Waals surface area contributed by atoms with E-state index in [9.17, 15) is 24.5 Å². The molecule has 1 aliphatic rings. The monoisotopic (exact) mass is 445 g/mol. The van der Waals surface area contributed by atoms with Gasteiger partial charge in [0.05, 0.1) is 9.83 Å². The van der Waals surface area contributed by atoms with Crippen LogP contribution in [0.3, 0.4) is 0 Å². The quantitative estimate of drug-likeness (QED) is 0.411. The summed E-state index contributed by atoms with van der Waals surface area (Å²) in [6.07, 6.45) is 1.31. The maximum absolute atomic E-state index is 12.6. The fraction of sp³-hybridized carbons (Fsp3) is 0.150. The van der Waals surface area contributed by atoms with Gasteiger partial charge in [0.2, 0.25) is 5.91 Å². The molecule has 2 aromatic carbocycles. The van der Waals surface area contributed by atoms with Gasteiger partial charge in [-0.15, -0.1) is 0 Å². The number of nitro benzene ring substituents is 1. The minimum absolute atomic E-state index is 0.0293. The van der Waals surface area contributed by atoms with E-state index in [4.69, 9.17) is 11.6 Å². The Bertz CT molecular complexity index is 1100. The van der Waals surface area contributed by atoms with E-state index in [2.05, 4.69) is 5.32 Å². The Morgan fingerprint density at radius 2 is 1.87 bits per heavy atom. The summed E-state index contributed by atoms with van der Waals surface area (Å²) in [4.78, 5) is 48.4. The van der Waals surface area contributed by atoms with Crippen LogP contribution in [-0.2, 0) is 9.59 Å². The first kappa shape index (κ1) is 21.5. The summed E-state index contributed by atoms with van der Waals surface area (Å²) in [7, 11) is 0. The number of amides is 3. The minimum atomic E-state index is -0.664. The van der Waals surface area contributed by atoms with Crippen LogP contribution in [0.25, 0.3) is 6.08 Å². The number of imide groups is 1. The normalized spacial score (nSPS) is 15.0. The molecular formula is C20H16ClN3O5S. The lowest BCUT2D eigenvalue weighted by molar-refractivity contribution is -0.384. The lowest BCUT2D eigenvalue weighted by atomic mass is 10.1. The van der Waals surface area contributed by atoms with Crippen molar-refractivity contribution in [2.45, 2.75) is 13.8 Å². The first-order valence-corrected chi connectivity index (χ1v) is 9.91. The van der Waals surface area contributed by atoms with Crippen molar-refractivity contribution in [2.24, 2.45) is 0 Å². The van der Waals surface area contributed by atoms with Gasteiger partial charge in [0.25, 0.3) is 16.8 Å². The van der Waals surface area contributed by atoms with Crippen molar-refractivity contribution in [2.75, 3.05) is 11.9 Å². The van der Waals surface area contributed by atoms with E-state index in [1.54, 1.807) is 12.1 Å². The summed E-state index contributed by atoms with van der Waals surface area (Å²) in [5.41, 5.74) is 2.54. The molecule has 0 unspecified atom stereocenters.